The number of hydrogen-bond donors (Lipinski definition) is 2. The first-order chi connectivity index (χ1) is 7.33. The van der Waals surface area contributed by atoms with E-state index in [1.165, 1.54) is 6.42 Å². The van der Waals surface area contributed by atoms with Gasteiger partial charge in [0.2, 0.25) is 0 Å². The van der Waals surface area contributed by atoms with Gasteiger partial charge in [0.15, 0.2) is 0 Å². The molecule has 0 aromatic carbocycles. The van der Waals surface area contributed by atoms with E-state index in [9.17, 15) is 5.11 Å². The Bertz CT molecular complexity index is 302. The summed E-state index contributed by atoms with van der Waals surface area (Å²) in [7, 11) is 0. The van der Waals surface area contributed by atoms with Gasteiger partial charge in [-0.25, -0.2) is 0 Å². The van der Waals surface area contributed by atoms with Crippen LogP contribution in [0.25, 0.3) is 0 Å². The van der Waals surface area contributed by atoms with Crippen molar-refractivity contribution in [2.45, 2.75) is 32.4 Å². The molecule has 3 nitrogen and oxygen atoms in total. The van der Waals surface area contributed by atoms with Gasteiger partial charge >= 0.3 is 0 Å². The summed E-state index contributed by atoms with van der Waals surface area (Å²) in [5.74, 6) is 0.374. The molecule has 15 heavy (non-hydrogen) atoms. The lowest BCUT2D eigenvalue weighted by molar-refractivity contribution is 0.0851. The van der Waals surface area contributed by atoms with Crippen LogP contribution in [0.15, 0.2) is 18.3 Å². The third kappa shape index (κ3) is 2.24. The molecule has 1 aliphatic rings. The van der Waals surface area contributed by atoms with E-state index in [2.05, 4.69) is 16.8 Å². The van der Waals surface area contributed by atoms with Crippen LogP contribution in [0, 0.1) is 5.92 Å². The lowest BCUT2D eigenvalue weighted by Gasteiger charge is -2.28. The van der Waals surface area contributed by atoms with Crippen molar-refractivity contribution in [3.05, 3.63) is 24.0 Å². The summed E-state index contributed by atoms with van der Waals surface area (Å²) in [4.78, 5) is 0. The summed E-state index contributed by atoms with van der Waals surface area (Å²) in [6, 6.07) is 4.04. The Morgan fingerprint density at radius 3 is 3.20 bits per heavy atom. The Balaban J connectivity index is 2.08. The fourth-order valence-electron chi connectivity index (χ4n) is 2.37. The van der Waals surface area contributed by atoms with Crippen molar-refractivity contribution in [3.63, 3.8) is 0 Å². The molecule has 0 radical (unpaired) electrons. The molecule has 1 fully saturated rings. The summed E-state index contributed by atoms with van der Waals surface area (Å²) < 4.78 is 2.12. The Morgan fingerprint density at radius 2 is 2.53 bits per heavy atom. The van der Waals surface area contributed by atoms with Crippen molar-refractivity contribution < 1.29 is 5.11 Å². The molecule has 3 heteroatoms. The van der Waals surface area contributed by atoms with E-state index in [1.807, 2.05) is 18.3 Å². The number of aromatic nitrogens is 1. The highest BCUT2D eigenvalue weighted by Gasteiger charge is 2.24. The molecule has 2 rings (SSSR count). The number of rotatable bonds is 3. The Labute approximate surface area is 91.1 Å². The van der Waals surface area contributed by atoms with E-state index in [0.717, 1.165) is 31.7 Å². The zero-order chi connectivity index (χ0) is 10.7. The normalized spacial score (nSPS) is 24.0. The van der Waals surface area contributed by atoms with Crippen molar-refractivity contribution in [1.29, 1.82) is 0 Å². The molecule has 2 unspecified atom stereocenters. The van der Waals surface area contributed by atoms with Crippen molar-refractivity contribution in [2.24, 2.45) is 5.92 Å². The number of aliphatic hydroxyl groups is 1. The monoisotopic (exact) mass is 208 g/mol. The molecule has 1 aromatic rings. The molecule has 0 aliphatic carbocycles. The van der Waals surface area contributed by atoms with Crippen LogP contribution in [0.1, 0.15) is 31.6 Å². The number of aryl methyl sites for hydroxylation is 1. The van der Waals surface area contributed by atoms with Gasteiger partial charge in [0.05, 0.1) is 6.10 Å². The number of nitrogens with zero attached hydrogens (tertiary/aromatic N) is 1. The lowest BCUT2D eigenvalue weighted by atomic mass is 9.92. The van der Waals surface area contributed by atoms with Gasteiger partial charge in [-0.1, -0.05) is 0 Å². The second-order valence-corrected chi connectivity index (χ2v) is 4.27. The van der Waals surface area contributed by atoms with Gasteiger partial charge in [0.25, 0.3) is 0 Å². The molecule has 2 heterocycles. The SMILES string of the molecule is CCn1cccc1C(O)C1CCCNC1. The molecule has 1 aliphatic heterocycles. The fraction of sp³-hybridized carbons (Fsp3) is 0.667. The zero-order valence-electron chi connectivity index (χ0n) is 9.32. The summed E-state index contributed by atoms with van der Waals surface area (Å²) in [5.41, 5.74) is 1.06. The number of aliphatic hydroxyl groups excluding tert-OH is 1. The van der Waals surface area contributed by atoms with Crippen LogP contribution >= 0.6 is 0 Å². The minimum absolute atomic E-state index is 0.312. The zero-order valence-corrected chi connectivity index (χ0v) is 9.32. The Hall–Kier alpha value is -0.800. The molecule has 0 amide bonds. The van der Waals surface area contributed by atoms with Crippen LogP contribution < -0.4 is 5.32 Å². The van der Waals surface area contributed by atoms with Crippen molar-refractivity contribution >= 4 is 0 Å². The molecule has 2 N–H and O–H groups in total. The minimum Gasteiger partial charge on any atom is -0.387 e. The summed E-state index contributed by atoms with van der Waals surface area (Å²) in [6.07, 6.45) is 4.03. The largest absolute Gasteiger partial charge is 0.387 e. The average Bonchev–Trinajstić information content (AvgIpc) is 2.77. The Kier molecular flexibility index (Phi) is 3.44. The second kappa shape index (κ2) is 4.81. The van der Waals surface area contributed by atoms with E-state index < -0.39 is 0 Å². The molecule has 0 saturated carbocycles. The first-order valence-electron chi connectivity index (χ1n) is 5.86. The van der Waals surface area contributed by atoms with Gasteiger partial charge in [-0.3, -0.25) is 0 Å². The van der Waals surface area contributed by atoms with Gasteiger partial charge in [-0.15, -0.1) is 0 Å². The van der Waals surface area contributed by atoms with Gasteiger partial charge < -0.3 is 15.0 Å². The van der Waals surface area contributed by atoms with Crippen LogP contribution in [-0.2, 0) is 6.54 Å². The third-order valence-corrected chi connectivity index (χ3v) is 3.29. The predicted molar refractivity (Wildman–Crippen MR) is 60.7 cm³/mol. The van der Waals surface area contributed by atoms with E-state index >= 15 is 0 Å². The lowest BCUT2D eigenvalue weighted by Crippen LogP contribution is -2.33. The predicted octanol–water partition coefficient (Wildman–Crippen LogP) is 1.54. The molecule has 2 atom stereocenters. The summed E-state index contributed by atoms with van der Waals surface area (Å²) >= 11 is 0. The molecule has 0 bridgehead atoms. The second-order valence-electron chi connectivity index (χ2n) is 4.27. The maximum absolute atomic E-state index is 10.3. The minimum atomic E-state index is -0.312. The highest BCUT2D eigenvalue weighted by atomic mass is 16.3. The van der Waals surface area contributed by atoms with Crippen LogP contribution in [0.2, 0.25) is 0 Å². The van der Waals surface area contributed by atoms with E-state index in [4.69, 9.17) is 0 Å². The fourth-order valence-corrected chi connectivity index (χ4v) is 2.37. The van der Waals surface area contributed by atoms with Crippen molar-refractivity contribution in [1.82, 2.24) is 9.88 Å². The maximum Gasteiger partial charge on any atom is 0.0979 e. The van der Waals surface area contributed by atoms with Crippen molar-refractivity contribution in [3.8, 4) is 0 Å². The topological polar surface area (TPSA) is 37.2 Å². The van der Waals surface area contributed by atoms with Crippen LogP contribution in [0.4, 0.5) is 0 Å². The first kappa shape index (κ1) is 10.7. The number of nitrogens with one attached hydrogen (secondary N) is 1. The average molecular weight is 208 g/mol. The molecule has 1 aromatic heterocycles. The van der Waals surface area contributed by atoms with Gasteiger partial charge in [0, 0.05) is 30.9 Å². The van der Waals surface area contributed by atoms with Crippen molar-refractivity contribution in [2.75, 3.05) is 13.1 Å². The molecule has 84 valence electrons. The quantitative estimate of drug-likeness (QED) is 0.790. The highest BCUT2D eigenvalue weighted by molar-refractivity contribution is 5.11. The Morgan fingerprint density at radius 1 is 1.67 bits per heavy atom. The van der Waals surface area contributed by atoms with Gasteiger partial charge in [-0.05, 0) is 38.4 Å². The summed E-state index contributed by atoms with van der Waals surface area (Å²) in [6.45, 7) is 5.07. The standard InChI is InChI=1S/C12H20N2O/c1-2-14-8-4-6-11(14)12(15)10-5-3-7-13-9-10/h4,6,8,10,12-13,15H,2-3,5,7,9H2,1H3. The first-order valence-corrected chi connectivity index (χ1v) is 5.86. The highest BCUT2D eigenvalue weighted by Crippen LogP contribution is 2.27. The van der Waals surface area contributed by atoms with Crippen LogP contribution in [0.3, 0.4) is 0 Å². The van der Waals surface area contributed by atoms with Crippen LogP contribution in [-0.4, -0.2) is 22.8 Å². The van der Waals surface area contributed by atoms with E-state index in [1.54, 1.807) is 0 Å². The summed E-state index contributed by atoms with van der Waals surface area (Å²) in [5, 5.41) is 13.6. The third-order valence-electron chi connectivity index (χ3n) is 3.29. The van der Waals surface area contributed by atoms with Gasteiger partial charge in [-0.2, -0.15) is 0 Å². The number of piperidine rings is 1. The molecule has 0 spiro atoms. The van der Waals surface area contributed by atoms with E-state index in [0.29, 0.717) is 5.92 Å². The maximum atomic E-state index is 10.3. The molecular weight excluding hydrogens is 188 g/mol. The van der Waals surface area contributed by atoms with E-state index in [-0.39, 0.29) is 6.10 Å². The molecule has 1 saturated heterocycles. The molecular formula is C12H20N2O. The number of hydrogen-bond acceptors (Lipinski definition) is 2. The smallest absolute Gasteiger partial charge is 0.0979 e. The van der Waals surface area contributed by atoms with Gasteiger partial charge in [0.1, 0.15) is 0 Å². The van der Waals surface area contributed by atoms with Crippen LogP contribution in [0.5, 0.6) is 0 Å².